The zero-order valence-corrected chi connectivity index (χ0v) is 20.8. The summed E-state index contributed by atoms with van der Waals surface area (Å²) in [5.74, 6) is -0.495. The van der Waals surface area contributed by atoms with Crippen molar-refractivity contribution in [1.82, 2.24) is 20.0 Å². The van der Waals surface area contributed by atoms with Gasteiger partial charge in [-0.15, -0.1) is 22.7 Å². The highest BCUT2D eigenvalue weighted by Gasteiger charge is 2.41. The number of fused-ring (bicyclic) bond motifs is 1. The summed E-state index contributed by atoms with van der Waals surface area (Å²) in [5, 5.41) is 2.98. The van der Waals surface area contributed by atoms with Crippen molar-refractivity contribution in [2.45, 2.75) is 31.3 Å². The molecule has 10 heteroatoms. The van der Waals surface area contributed by atoms with Crippen LogP contribution < -0.4 is 5.32 Å². The maximum atomic E-state index is 13.5. The number of carbonyl (C=O) groups excluding carboxylic acids is 3. The number of hydrogen-bond donors (Lipinski definition) is 1. The van der Waals surface area contributed by atoms with Crippen LogP contribution in [0.5, 0.6) is 0 Å². The van der Waals surface area contributed by atoms with Gasteiger partial charge in [0.05, 0.1) is 14.1 Å². The largest absolute Gasteiger partial charge is 0.347 e. The van der Waals surface area contributed by atoms with E-state index in [1.807, 2.05) is 6.07 Å². The fraction of sp³-hybridized carbons (Fsp3) is 0.500. The van der Waals surface area contributed by atoms with Gasteiger partial charge in [0, 0.05) is 44.6 Å². The van der Waals surface area contributed by atoms with Gasteiger partial charge < -0.3 is 20.0 Å². The Balaban J connectivity index is 1.52. The van der Waals surface area contributed by atoms with E-state index >= 15 is 0 Å². The fourth-order valence-corrected chi connectivity index (χ4v) is 6.34. The smallest absolute Gasteiger partial charge is 0.264 e. The summed E-state index contributed by atoms with van der Waals surface area (Å²) in [4.78, 5) is 46.8. The Labute approximate surface area is 200 Å². The average Bonchev–Trinajstić information content (AvgIpc) is 3.45. The summed E-state index contributed by atoms with van der Waals surface area (Å²) >= 11 is 8.70. The van der Waals surface area contributed by atoms with Crippen LogP contribution in [-0.4, -0.2) is 85.3 Å². The highest BCUT2D eigenvalue weighted by atomic mass is 35.5. The molecule has 1 fully saturated rings. The minimum absolute atomic E-state index is 0.131. The van der Waals surface area contributed by atoms with Gasteiger partial charge in [0.25, 0.3) is 11.8 Å². The minimum atomic E-state index is -0.595. The molecular formula is C22H27ClN4O3S2. The first kappa shape index (κ1) is 23.2. The van der Waals surface area contributed by atoms with E-state index in [9.17, 15) is 14.4 Å². The highest BCUT2D eigenvalue weighted by molar-refractivity contribution is 7.18. The van der Waals surface area contributed by atoms with Crippen molar-refractivity contribution < 1.29 is 14.4 Å². The first-order valence-corrected chi connectivity index (χ1v) is 12.6. The van der Waals surface area contributed by atoms with Gasteiger partial charge in [0.15, 0.2) is 0 Å². The Morgan fingerprint density at radius 3 is 2.56 bits per heavy atom. The number of carbonyl (C=O) groups is 3. The van der Waals surface area contributed by atoms with Crippen molar-refractivity contribution in [2.24, 2.45) is 0 Å². The van der Waals surface area contributed by atoms with Crippen molar-refractivity contribution in [2.75, 3.05) is 40.8 Å². The van der Waals surface area contributed by atoms with Gasteiger partial charge >= 0.3 is 0 Å². The Bertz CT molecular complexity index is 1010. The molecule has 3 amide bonds. The lowest BCUT2D eigenvalue weighted by Crippen LogP contribution is -2.45. The van der Waals surface area contributed by atoms with E-state index in [-0.39, 0.29) is 23.8 Å². The van der Waals surface area contributed by atoms with Crippen LogP contribution in [0.3, 0.4) is 0 Å². The summed E-state index contributed by atoms with van der Waals surface area (Å²) < 4.78 is 0.544. The third-order valence-corrected chi connectivity index (χ3v) is 8.47. The molecule has 0 aliphatic carbocycles. The van der Waals surface area contributed by atoms with Crippen LogP contribution in [0.4, 0.5) is 0 Å². The molecular weight excluding hydrogens is 468 g/mol. The third-order valence-electron chi connectivity index (χ3n) is 6.01. The Morgan fingerprint density at radius 1 is 1.12 bits per heavy atom. The number of amides is 3. The van der Waals surface area contributed by atoms with Gasteiger partial charge in [-0.25, -0.2) is 0 Å². The number of nitrogens with one attached hydrogen (secondary N) is 1. The van der Waals surface area contributed by atoms with E-state index in [4.69, 9.17) is 11.6 Å². The fourth-order valence-electron chi connectivity index (χ4n) is 4.24. The number of likely N-dealkylation sites (tertiary alicyclic amines) is 1. The SMILES string of the molecule is CN1CCc2cc(C(=O)N3C[C@H](NC(=O)c4ccc(Cl)s4)C[C@H]3C(=O)N(C)C)sc2CC1. The van der Waals surface area contributed by atoms with Gasteiger partial charge in [0.1, 0.15) is 6.04 Å². The lowest BCUT2D eigenvalue weighted by molar-refractivity contribution is -0.132. The van der Waals surface area contributed by atoms with Crippen molar-refractivity contribution in [1.29, 1.82) is 0 Å². The second-order valence-corrected chi connectivity index (χ2v) is 11.4. The van der Waals surface area contributed by atoms with Crippen molar-refractivity contribution >= 4 is 52.0 Å². The molecule has 0 unspecified atom stereocenters. The third kappa shape index (κ3) is 4.85. The van der Waals surface area contributed by atoms with Crippen LogP contribution in [0, 0.1) is 0 Å². The molecule has 1 N–H and O–H groups in total. The predicted octanol–water partition coefficient (Wildman–Crippen LogP) is 2.59. The molecule has 2 aliphatic heterocycles. The van der Waals surface area contributed by atoms with E-state index in [0.29, 0.717) is 27.1 Å². The van der Waals surface area contributed by atoms with Gasteiger partial charge in [0.2, 0.25) is 5.91 Å². The molecule has 1 saturated heterocycles. The zero-order chi connectivity index (χ0) is 23.0. The van der Waals surface area contributed by atoms with Gasteiger partial charge in [-0.2, -0.15) is 0 Å². The number of nitrogens with zero attached hydrogens (tertiary/aromatic N) is 3. The molecule has 0 aromatic carbocycles. The second kappa shape index (κ2) is 9.51. The van der Waals surface area contributed by atoms with Crippen LogP contribution >= 0.6 is 34.3 Å². The molecule has 4 heterocycles. The van der Waals surface area contributed by atoms with E-state index in [1.165, 1.54) is 38.0 Å². The minimum Gasteiger partial charge on any atom is -0.347 e. The molecule has 32 heavy (non-hydrogen) atoms. The second-order valence-electron chi connectivity index (χ2n) is 8.58. The van der Waals surface area contributed by atoms with E-state index in [2.05, 4.69) is 17.3 Å². The summed E-state index contributed by atoms with van der Waals surface area (Å²) in [6.07, 6.45) is 2.26. The van der Waals surface area contributed by atoms with Crippen molar-refractivity contribution in [3.63, 3.8) is 0 Å². The molecule has 0 bridgehead atoms. The number of hydrogen-bond acceptors (Lipinski definition) is 6. The standard InChI is InChI=1S/C22H27ClN4O3S2/c1-25(2)21(29)15-11-14(24-20(28)17-4-5-19(23)32-17)12-27(15)22(30)18-10-13-6-8-26(3)9-7-16(13)31-18/h4-5,10,14-15H,6-9,11-12H2,1-3H3,(H,24,28)/t14-,15+/m1/s1. The molecule has 0 saturated carbocycles. The molecule has 2 aromatic rings. The quantitative estimate of drug-likeness (QED) is 0.709. The van der Waals surface area contributed by atoms with Crippen LogP contribution in [0.15, 0.2) is 18.2 Å². The van der Waals surface area contributed by atoms with Crippen LogP contribution in [-0.2, 0) is 17.6 Å². The predicted molar refractivity (Wildman–Crippen MR) is 128 cm³/mol. The summed E-state index contributed by atoms with van der Waals surface area (Å²) in [7, 11) is 5.49. The molecule has 0 radical (unpaired) electrons. The summed E-state index contributed by atoms with van der Waals surface area (Å²) in [6, 6.07) is 4.47. The maximum Gasteiger partial charge on any atom is 0.264 e. The Hall–Kier alpha value is -1.94. The summed E-state index contributed by atoms with van der Waals surface area (Å²) in [6.45, 7) is 2.26. The average molecular weight is 495 g/mol. The molecule has 172 valence electrons. The topological polar surface area (TPSA) is 73.0 Å². The zero-order valence-electron chi connectivity index (χ0n) is 18.4. The normalized spacial score (nSPS) is 21.2. The lowest BCUT2D eigenvalue weighted by Gasteiger charge is -2.25. The first-order chi connectivity index (χ1) is 15.2. The number of likely N-dealkylation sites (N-methyl/N-ethyl adjacent to an activating group) is 2. The molecule has 0 spiro atoms. The highest BCUT2D eigenvalue weighted by Crippen LogP contribution is 2.30. The van der Waals surface area contributed by atoms with Crippen molar-refractivity contribution in [3.8, 4) is 0 Å². The van der Waals surface area contributed by atoms with Gasteiger partial charge in [-0.1, -0.05) is 11.6 Å². The van der Waals surface area contributed by atoms with E-state index in [1.54, 1.807) is 31.1 Å². The molecule has 4 rings (SSSR count). The molecule has 2 aliphatic rings. The van der Waals surface area contributed by atoms with Crippen LogP contribution in [0.2, 0.25) is 4.34 Å². The number of thiophene rings is 2. The lowest BCUT2D eigenvalue weighted by atomic mass is 10.1. The molecule has 7 nitrogen and oxygen atoms in total. The van der Waals surface area contributed by atoms with Crippen molar-refractivity contribution in [3.05, 3.63) is 42.7 Å². The maximum absolute atomic E-state index is 13.5. The van der Waals surface area contributed by atoms with Crippen LogP contribution in [0.1, 0.15) is 36.2 Å². The number of rotatable bonds is 4. The Morgan fingerprint density at radius 2 is 1.88 bits per heavy atom. The van der Waals surface area contributed by atoms with E-state index < -0.39 is 6.04 Å². The summed E-state index contributed by atoms with van der Waals surface area (Å²) in [5.41, 5.74) is 1.23. The number of halogens is 1. The first-order valence-electron chi connectivity index (χ1n) is 10.6. The van der Waals surface area contributed by atoms with Gasteiger partial charge in [-0.3, -0.25) is 14.4 Å². The van der Waals surface area contributed by atoms with Gasteiger partial charge in [-0.05, 0) is 50.1 Å². The van der Waals surface area contributed by atoms with E-state index in [0.717, 1.165) is 25.9 Å². The molecule has 2 atom stereocenters. The van der Waals surface area contributed by atoms with Crippen LogP contribution in [0.25, 0.3) is 0 Å². The monoisotopic (exact) mass is 494 g/mol. The molecule has 2 aromatic heterocycles. The Kier molecular flexibility index (Phi) is 6.90.